The summed E-state index contributed by atoms with van der Waals surface area (Å²) in [5, 5.41) is 42.8. The number of rotatable bonds is 19. The predicted octanol–water partition coefficient (Wildman–Crippen LogP) is -3.12. The van der Waals surface area contributed by atoms with E-state index in [4.69, 9.17) is 37.6 Å². The van der Waals surface area contributed by atoms with Gasteiger partial charge in [0.15, 0.2) is 43.1 Å². The fraction of sp³-hybridized carbons (Fsp3) is 0.917. The van der Waals surface area contributed by atoms with Crippen molar-refractivity contribution in [3.05, 3.63) is 0 Å². The normalized spacial score (nSPS) is 32.2. The van der Waals surface area contributed by atoms with Crippen LogP contribution in [-0.2, 0) is 89.9 Å². The van der Waals surface area contributed by atoms with Crippen LogP contribution >= 0.6 is 24.6 Å². The van der Waals surface area contributed by atoms with Gasteiger partial charge in [0.2, 0.25) is 0 Å². The highest BCUT2D eigenvalue weighted by Crippen LogP contribution is 2.36. The summed E-state index contributed by atoms with van der Waals surface area (Å²) < 4.78 is 142. The van der Waals surface area contributed by atoms with Crippen LogP contribution in [0.15, 0.2) is 0 Å². The van der Waals surface area contributed by atoms with Crippen LogP contribution in [-0.4, -0.2) is 134 Å². The number of carboxylic acids is 1. The summed E-state index contributed by atoms with van der Waals surface area (Å²) in [6.07, 6.45) is -19.9. The van der Waals surface area contributed by atoms with Gasteiger partial charge >= 0.3 is 37.2 Å². The minimum Gasteiger partial charge on any atom is -0.479 e. The maximum Gasteiger partial charge on any atom is 0.397 e. The molecule has 0 aromatic carbocycles. The van der Waals surface area contributed by atoms with Crippen molar-refractivity contribution in [1.82, 2.24) is 0 Å². The second-order valence-electron chi connectivity index (χ2n) is 7.52. The van der Waals surface area contributed by atoms with Crippen LogP contribution in [0.25, 0.3) is 0 Å². The second kappa shape index (κ2) is 16.7. The molecule has 26 nitrogen and oxygen atoms in total. The molecule has 2 aliphatic heterocycles. The summed E-state index contributed by atoms with van der Waals surface area (Å²) in [6, 6.07) is 0. The third kappa shape index (κ3) is 12.9. The number of hydrogen-bond donors (Lipinski definition) is 7. The fourth-order valence-corrected chi connectivity index (χ4v) is 5.42. The van der Waals surface area contributed by atoms with Gasteiger partial charge in [0.25, 0.3) is 0 Å². The molecule has 0 aromatic rings. The van der Waals surface area contributed by atoms with Gasteiger partial charge in [0.05, 0.1) is 13.2 Å². The first kappa shape index (κ1) is 38.5. The molecule has 9 atom stereocenters. The van der Waals surface area contributed by atoms with E-state index < -0.39 is 106 Å². The maximum atomic E-state index is 11.7. The lowest BCUT2D eigenvalue weighted by Crippen LogP contribution is -2.63. The lowest BCUT2D eigenvalue weighted by molar-refractivity contribution is -0.435. The molecule has 2 rings (SSSR count). The SMILES string of the molecule is O=C(O)C1OC(OC2C(COSOOO)OC(COS(=O)(=O)O)C2OS(=O)(=O)O)C(OS(=O)(=O)O)C(OSOOO)C1O. The van der Waals surface area contributed by atoms with Crippen LogP contribution in [0.4, 0.5) is 0 Å². The number of aliphatic hydroxyl groups excluding tert-OH is 1. The first-order valence-corrected chi connectivity index (χ1v) is 15.7. The fourth-order valence-electron chi connectivity index (χ4n) is 3.49. The van der Waals surface area contributed by atoms with Crippen molar-refractivity contribution in [2.24, 2.45) is 0 Å². The van der Waals surface area contributed by atoms with Gasteiger partial charge < -0.3 is 24.4 Å². The Morgan fingerprint density at radius 3 is 1.84 bits per heavy atom. The molecule has 0 radical (unpaired) electrons. The molecule has 0 aromatic heterocycles. The second-order valence-corrected chi connectivity index (χ2v) is 11.7. The molecule has 9 unspecified atom stereocenters. The van der Waals surface area contributed by atoms with Gasteiger partial charge in [-0.1, -0.05) is 10.1 Å². The Bertz CT molecular complexity index is 1210. The van der Waals surface area contributed by atoms with E-state index in [0.717, 1.165) is 0 Å². The number of carboxylic acid groups (broad SMARTS) is 1. The van der Waals surface area contributed by atoms with E-state index in [2.05, 4.69) is 31.3 Å². The average Bonchev–Trinajstić information content (AvgIpc) is 3.16. The van der Waals surface area contributed by atoms with Crippen molar-refractivity contribution in [2.75, 3.05) is 13.2 Å². The molecule has 2 heterocycles. The number of carbonyl (C=O) groups is 1. The third-order valence-electron chi connectivity index (χ3n) is 4.85. The van der Waals surface area contributed by atoms with Crippen molar-refractivity contribution in [2.45, 2.75) is 55.1 Å². The van der Waals surface area contributed by atoms with Crippen LogP contribution in [0.2, 0.25) is 0 Å². The Morgan fingerprint density at radius 2 is 1.30 bits per heavy atom. The van der Waals surface area contributed by atoms with Crippen molar-refractivity contribution < 1.29 is 118 Å². The molecule has 0 spiro atoms. The van der Waals surface area contributed by atoms with E-state index in [1.807, 2.05) is 0 Å². The smallest absolute Gasteiger partial charge is 0.397 e. The molecule has 0 aliphatic carbocycles. The minimum absolute atomic E-state index is 0.0853. The van der Waals surface area contributed by atoms with Crippen LogP contribution in [0.5, 0.6) is 0 Å². The molecule has 2 saturated heterocycles. The molecule has 0 bridgehead atoms. The maximum absolute atomic E-state index is 11.7. The van der Waals surface area contributed by atoms with Gasteiger partial charge in [-0.2, -0.15) is 25.3 Å². The van der Waals surface area contributed by atoms with E-state index >= 15 is 0 Å². The van der Waals surface area contributed by atoms with E-state index in [0.29, 0.717) is 0 Å². The first-order chi connectivity index (χ1) is 19.9. The molecule has 43 heavy (non-hydrogen) atoms. The molecule has 254 valence electrons. The van der Waals surface area contributed by atoms with Gasteiger partial charge in [0, 0.05) is 0 Å². The van der Waals surface area contributed by atoms with Crippen LogP contribution in [0.3, 0.4) is 0 Å². The Labute approximate surface area is 248 Å². The summed E-state index contributed by atoms with van der Waals surface area (Å²) in [4.78, 5) is 11.7. The summed E-state index contributed by atoms with van der Waals surface area (Å²) in [6.45, 7) is -2.10. The summed E-state index contributed by atoms with van der Waals surface area (Å²) in [5.74, 6) is -1.95. The van der Waals surface area contributed by atoms with Crippen molar-refractivity contribution in [3.8, 4) is 0 Å². The number of aliphatic hydroxyl groups is 1. The molecular weight excluding hydrogens is 720 g/mol. The van der Waals surface area contributed by atoms with Crippen molar-refractivity contribution in [3.63, 3.8) is 0 Å². The molecule has 31 heteroatoms. The highest BCUT2D eigenvalue weighted by atomic mass is 32.3. The van der Waals surface area contributed by atoms with E-state index in [1.165, 1.54) is 0 Å². The summed E-state index contributed by atoms with van der Waals surface area (Å²) in [7, 11) is -16.3. The largest absolute Gasteiger partial charge is 0.479 e. The molecule has 0 saturated carbocycles. The highest BCUT2D eigenvalue weighted by molar-refractivity contribution is 7.90. The third-order valence-corrected chi connectivity index (χ3v) is 6.99. The standard InChI is InChI=1S/C12H20O26S5/c13-5-8(32-40-38-36-17)10(34-43(24,25)26)12(31-9(5)11(14)15)30-6-3(1-27-39-37-35-16)29-4(2-28-41(18,19)20)7(6)33-42(21,22)23/h3-10,12-13,16-17H,1-2H2,(H,14,15)(H,18,19,20)(H,21,22,23)(H,24,25,26). The van der Waals surface area contributed by atoms with Gasteiger partial charge in [-0.3, -0.25) is 22.0 Å². The van der Waals surface area contributed by atoms with Crippen molar-refractivity contribution >= 4 is 61.8 Å². The van der Waals surface area contributed by atoms with Gasteiger partial charge in [-0.05, 0) is 0 Å². The number of ether oxygens (including phenoxy) is 3. The minimum atomic E-state index is -5.55. The highest BCUT2D eigenvalue weighted by Gasteiger charge is 2.56. The van der Waals surface area contributed by atoms with E-state index in [9.17, 15) is 49.4 Å². The quantitative estimate of drug-likeness (QED) is 0.0226. The zero-order chi connectivity index (χ0) is 32.6. The van der Waals surface area contributed by atoms with Crippen LogP contribution in [0, 0.1) is 0 Å². The van der Waals surface area contributed by atoms with Crippen LogP contribution in [0.1, 0.15) is 0 Å². The molecule has 7 N–H and O–H groups in total. The summed E-state index contributed by atoms with van der Waals surface area (Å²) in [5.41, 5.74) is 0. The Morgan fingerprint density at radius 1 is 0.744 bits per heavy atom. The van der Waals surface area contributed by atoms with Crippen molar-refractivity contribution in [1.29, 1.82) is 0 Å². The van der Waals surface area contributed by atoms with Gasteiger partial charge in [-0.25, -0.2) is 27.9 Å². The van der Waals surface area contributed by atoms with Gasteiger partial charge in [-0.15, -0.1) is 8.67 Å². The summed E-state index contributed by atoms with van der Waals surface area (Å²) >= 11 is -0.420. The molecule has 0 amide bonds. The number of aliphatic carboxylic acids is 1. The predicted molar refractivity (Wildman–Crippen MR) is 122 cm³/mol. The van der Waals surface area contributed by atoms with Crippen LogP contribution < -0.4 is 0 Å². The first-order valence-electron chi connectivity index (χ1n) is 10.2. The Hall–Kier alpha value is -0.700. The topological polar surface area (TPSA) is 372 Å². The Balaban J connectivity index is 2.54. The number of hydrogen-bond acceptors (Lipinski definition) is 24. The zero-order valence-corrected chi connectivity index (χ0v) is 24.1. The molecular formula is C12H20O26S5. The van der Waals surface area contributed by atoms with Gasteiger partial charge in [0.1, 0.15) is 36.6 Å². The molecule has 2 aliphatic rings. The lowest BCUT2D eigenvalue weighted by Gasteiger charge is -2.42. The monoisotopic (exact) mass is 740 g/mol. The molecule has 2 fully saturated rings. The average molecular weight is 741 g/mol. The lowest BCUT2D eigenvalue weighted by atomic mass is 9.98. The van der Waals surface area contributed by atoms with E-state index in [-0.39, 0.29) is 24.6 Å². The Kier molecular flexibility index (Phi) is 15.0. The zero-order valence-electron chi connectivity index (χ0n) is 20.0. The van der Waals surface area contributed by atoms with E-state index in [1.54, 1.807) is 0 Å².